The number of hydrogen-bond acceptors (Lipinski definition) is 5. The van der Waals surface area contributed by atoms with Crippen LogP contribution < -0.4 is 10.2 Å². The first-order chi connectivity index (χ1) is 11.5. The molecule has 7 nitrogen and oxygen atoms in total. The summed E-state index contributed by atoms with van der Waals surface area (Å²) < 4.78 is 5.38. The summed E-state index contributed by atoms with van der Waals surface area (Å²) >= 11 is 5.77. The number of rotatable bonds is 6. The van der Waals surface area contributed by atoms with E-state index in [1.165, 1.54) is 37.4 Å². The molecule has 0 aliphatic carbocycles. The number of nitro benzene ring substituents is 1. The third kappa shape index (κ3) is 5.06. The van der Waals surface area contributed by atoms with Crippen molar-refractivity contribution >= 4 is 29.4 Å². The van der Waals surface area contributed by atoms with Gasteiger partial charge in [0.15, 0.2) is 6.10 Å². The molecule has 124 valence electrons. The molecule has 0 heterocycles. The third-order valence-electron chi connectivity index (χ3n) is 2.97. The Morgan fingerprint density at radius 2 is 2.04 bits per heavy atom. The highest BCUT2D eigenvalue weighted by Gasteiger charge is 2.15. The second kappa shape index (κ2) is 8.07. The topological polar surface area (TPSA) is 93.8 Å². The van der Waals surface area contributed by atoms with Gasteiger partial charge >= 0.3 is 0 Å². The average Bonchev–Trinajstić information content (AvgIpc) is 2.56. The molecule has 2 aromatic carbocycles. The van der Waals surface area contributed by atoms with Crippen molar-refractivity contribution in [1.82, 2.24) is 5.43 Å². The number of amides is 1. The van der Waals surface area contributed by atoms with E-state index >= 15 is 0 Å². The van der Waals surface area contributed by atoms with Crippen molar-refractivity contribution in [3.8, 4) is 5.75 Å². The molecule has 0 aliphatic rings. The van der Waals surface area contributed by atoms with Crippen molar-refractivity contribution in [3.63, 3.8) is 0 Å². The lowest BCUT2D eigenvalue weighted by molar-refractivity contribution is -0.384. The van der Waals surface area contributed by atoms with Crippen LogP contribution in [0.1, 0.15) is 12.5 Å². The van der Waals surface area contributed by atoms with Crippen molar-refractivity contribution in [2.24, 2.45) is 5.10 Å². The maximum atomic E-state index is 11.9. The summed E-state index contributed by atoms with van der Waals surface area (Å²) in [5.41, 5.74) is 3.00. The van der Waals surface area contributed by atoms with E-state index in [1.54, 1.807) is 24.3 Å². The fourth-order valence-corrected chi connectivity index (χ4v) is 1.86. The molecular weight excluding hydrogens is 334 g/mol. The smallest absolute Gasteiger partial charge is 0.280 e. The van der Waals surface area contributed by atoms with Crippen LogP contribution in [0.25, 0.3) is 0 Å². The number of hydrazone groups is 1. The van der Waals surface area contributed by atoms with Crippen LogP contribution >= 0.6 is 11.6 Å². The van der Waals surface area contributed by atoms with E-state index in [2.05, 4.69) is 10.5 Å². The van der Waals surface area contributed by atoms with Crippen molar-refractivity contribution in [2.45, 2.75) is 13.0 Å². The zero-order valence-corrected chi connectivity index (χ0v) is 13.4. The van der Waals surface area contributed by atoms with E-state index in [4.69, 9.17) is 16.3 Å². The van der Waals surface area contributed by atoms with Crippen LogP contribution in [0.3, 0.4) is 0 Å². The molecule has 8 heteroatoms. The molecule has 0 spiro atoms. The summed E-state index contributed by atoms with van der Waals surface area (Å²) in [6.45, 7) is 1.52. The van der Waals surface area contributed by atoms with Gasteiger partial charge in [-0.05, 0) is 30.7 Å². The number of nitrogens with zero attached hydrogens (tertiary/aromatic N) is 2. The van der Waals surface area contributed by atoms with Gasteiger partial charge in [-0.25, -0.2) is 5.43 Å². The van der Waals surface area contributed by atoms with E-state index in [-0.39, 0.29) is 11.4 Å². The highest BCUT2D eigenvalue weighted by molar-refractivity contribution is 6.30. The highest BCUT2D eigenvalue weighted by atomic mass is 35.5. The molecule has 24 heavy (non-hydrogen) atoms. The van der Waals surface area contributed by atoms with Gasteiger partial charge in [0.05, 0.1) is 17.2 Å². The SMILES string of the molecule is C[C@@H](Oc1cccc([N+](=O)[O-])c1)C(=O)N/N=C\c1ccc(Cl)cc1. The van der Waals surface area contributed by atoms with E-state index in [9.17, 15) is 14.9 Å². The number of halogens is 1. The lowest BCUT2D eigenvalue weighted by Crippen LogP contribution is -2.33. The zero-order chi connectivity index (χ0) is 17.5. The Bertz CT molecular complexity index is 762. The van der Waals surface area contributed by atoms with Crippen molar-refractivity contribution in [2.75, 3.05) is 0 Å². The van der Waals surface area contributed by atoms with Gasteiger partial charge in [-0.1, -0.05) is 29.8 Å². The van der Waals surface area contributed by atoms with Gasteiger partial charge in [0, 0.05) is 11.1 Å². The monoisotopic (exact) mass is 347 g/mol. The predicted molar refractivity (Wildman–Crippen MR) is 90.4 cm³/mol. The molecule has 0 aliphatic heterocycles. The minimum absolute atomic E-state index is 0.110. The highest BCUT2D eigenvalue weighted by Crippen LogP contribution is 2.20. The minimum Gasteiger partial charge on any atom is -0.481 e. The van der Waals surface area contributed by atoms with Crippen LogP contribution in [0, 0.1) is 10.1 Å². The van der Waals surface area contributed by atoms with Crippen LogP contribution in [-0.2, 0) is 4.79 Å². The first kappa shape index (κ1) is 17.4. The van der Waals surface area contributed by atoms with Gasteiger partial charge < -0.3 is 4.74 Å². The van der Waals surface area contributed by atoms with Crippen LogP contribution in [0.15, 0.2) is 53.6 Å². The number of carbonyl (C=O) groups is 1. The van der Waals surface area contributed by atoms with Gasteiger partial charge in [0.1, 0.15) is 5.75 Å². The van der Waals surface area contributed by atoms with Crippen LogP contribution in [-0.4, -0.2) is 23.1 Å². The molecule has 0 saturated heterocycles. The second-order valence-electron chi connectivity index (χ2n) is 4.80. The summed E-state index contributed by atoms with van der Waals surface area (Å²) in [5, 5.41) is 15.1. The molecule has 1 atom stereocenters. The first-order valence-electron chi connectivity index (χ1n) is 6.95. The normalized spacial score (nSPS) is 11.9. The second-order valence-corrected chi connectivity index (χ2v) is 5.24. The molecule has 1 N–H and O–H groups in total. The number of ether oxygens (including phenoxy) is 1. The number of nitro groups is 1. The molecule has 0 saturated carbocycles. The number of carbonyl (C=O) groups excluding carboxylic acids is 1. The molecule has 1 amide bonds. The van der Waals surface area contributed by atoms with E-state index in [0.717, 1.165) is 5.56 Å². The lowest BCUT2D eigenvalue weighted by Gasteiger charge is -2.12. The first-order valence-corrected chi connectivity index (χ1v) is 7.33. The third-order valence-corrected chi connectivity index (χ3v) is 3.22. The minimum atomic E-state index is -0.866. The molecular formula is C16H14ClN3O4. The Kier molecular flexibility index (Phi) is 5.86. The summed E-state index contributed by atoms with van der Waals surface area (Å²) in [4.78, 5) is 22.1. The van der Waals surface area contributed by atoms with Crippen LogP contribution in [0.2, 0.25) is 5.02 Å². The summed E-state index contributed by atoms with van der Waals surface area (Å²) in [5.74, 6) is -0.250. The van der Waals surface area contributed by atoms with E-state index < -0.39 is 16.9 Å². The van der Waals surface area contributed by atoms with Gasteiger partial charge in [-0.3, -0.25) is 14.9 Å². The number of hydrogen-bond donors (Lipinski definition) is 1. The van der Waals surface area contributed by atoms with Gasteiger partial charge in [-0.2, -0.15) is 5.10 Å². The Hall–Kier alpha value is -2.93. The molecule has 2 aromatic rings. The Labute approximate surface area is 143 Å². The van der Waals surface area contributed by atoms with Crippen LogP contribution in [0.5, 0.6) is 5.75 Å². The van der Waals surface area contributed by atoms with E-state index in [1.807, 2.05) is 0 Å². The molecule has 2 rings (SSSR count). The Morgan fingerprint density at radius 3 is 2.71 bits per heavy atom. The zero-order valence-electron chi connectivity index (χ0n) is 12.7. The van der Waals surface area contributed by atoms with Gasteiger partial charge in [0.2, 0.25) is 0 Å². The fourth-order valence-electron chi connectivity index (χ4n) is 1.74. The number of nitrogens with one attached hydrogen (secondary N) is 1. The number of benzene rings is 2. The standard InChI is InChI=1S/C16H14ClN3O4/c1-11(24-15-4-2-3-14(9-15)20(22)23)16(21)19-18-10-12-5-7-13(17)8-6-12/h2-11H,1H3,(H,19,21)/b18-10-/t11-/m1/s1. The molecule has 0 radical (unpaired) electrons. The quantitative estimate of drug-likeness (QED) is 0.493. The predicted octanol–water partition coefficient (Wildman–Crippen LogP) is 3.17. The van der Waals surface area contributed by atoms with Gasteiger partial charge in [-0.15, -0.1) is 0 Å². The molecule has 0 bridgehead atoms. The summed E-state index contributed by atoms with van der Waals surface area (Å²) in [7, 11) is 0. The maximum absolute atomic E-state index is 11.9. The summed E-state index contributed by atoms with van der Waals surface area (Å²) in [6, 6.07) is 12.5. The van der Waals surface area contributed by atoms with Crippen molar-refractivity contribution in [1.29, 1.82) is 0 Å². The Balaban J connectivity index is 1.91. The lowest BCUT2D eigenvalue weighted by atomic mass is 10.2. The molecule has 0 fully saturated rings. The van der Waals surface area contributed by atoms with E-state index in [0.29, 0.717) is 5.02 Å². The van der Waals surface area contributed by atoms with Gasteiger partial charge in [0.25, 0.3) is 11.6 Å². The summed E-state index contributed by atoms with van der Waals surface area (Å²) in [6.07, 6.45) is 0.600. The number of non-ortho nitro benzene ring substituents is 1. The average molecular weight is 348 g/mol. The Morgan fingerprint density at radius 1 is 1.33 bits per heavy atom. The molecule has 0 aromatic heterocycles. The van der Waals surface area contributed by atoms with Crippen molar-refractivity contribution in [3.05, 3.63) is 69.2 Å². The van der Waals surface area contributed by atoms with Crippen molar-refractivity contribution < 1.29 is 14.5 Å². The maximum Gasteiger partial charge on any atom is 0.280 e. The fraction of sp³-hybridized carbons (Fsp3) is 0.125. The largest absolute Gasteiger partial charge is 0.481 e. The molecule has 0 unspecified atom stereocenters. The van der Waals surface area contributed by atoms with Crippen LogP contribution in [0.4, 0.5) is 5.69 Å².